The number of hydrogen-bond acceptors (Lipinski definition) is 4. The van der Waals surface area contributed by atoms with Crippen LogP contribution in [-0.2, 0) is 15.3 Å². The zero-order chi connectivity index (χ0) is 23.0. The average Bonchev–Trinajstić information content (AvgIpc) is 2.86. The Morgan fingerprint density at radius 1 is 0.788 bits per heavy atom. The molecule has 0 spiro atoms. The second kappa shape index (κ2) is 11.1. The summed E-state index contributed by atoms with van der Waals surface area (Å²) in [7, 11) is 0. The Morgan fingerprint density at radius 3 is 2.12 bits per heavy atom. The third-order valence-electron chi connectivity index (χ3n) is 5.73. The molecule has 3 aromatic rings. The minimum Gasteiger partial charge on any atom is -0.456 e. The number of ether oxygens (including phenoxy) is 1. The van der Waals surface area contributed by atoms with Crippen LogP contribution in [-0.4, -0.2) is 53.5 Å². The predicted octanol–water partition coefficient (Wildman–Crippen LogP) is 5.07. The van der Waals surface area contributed by atoms with Gasteiger partial charge in [-0.2, -0.15) is 0 Å². The summed E-state index contributed by atoms with van der Waals surface area (Å²) in [6.45, 7) is 4.02. The van der Waals surface area contributed by atoms with E-state index in [0.717, 1.165) is 28.2 Å². The molecule has 0 radical (unpaired) electrons. The van der Waals surface area contributed by atoms with Gasteiger partial charge in [-0.15, -0.1) is 11.8 Å². The maximum Gasteiger partial charge on any atom is 0.232 e. The molecule has 1 heterocycles. The van der Waals surface area contributed by atoms with Crippen molar-refractivity contribution in [3.8, 4) is 22.6 Å². The first-order chi connectivity index (χ1) is 16.1. The molecule has 0 bridgehead atoms. The number of rotatable bonds is 7. The number of hydrogen-bond donors (Lipinski definition) is 0. The summed E-state index contributed by atoms with van der Waals surface area (Å²) in [5, 5.41) is 0. The van der Waals surface area contributed by atoms with Crippen LogP contribution in [0.1, 0.15) is 12.5 Å². The van der Waals surface area contributed by atoms with Gasteiger partial charge in [-0.1, -0.05) is 66.7 Å². The zero-order valence-corrected chi connectivity index (χ0v) is 19.6. The summed E-state index contributed by atoms with van der Waals surface area (Å²) in [5.41, 5.74) is 3.20. The molecule has 1 aliphatic rings. The highest BCUT2D eigenvalue weighted by Crippen LogP contribution is 2.35. The fraction of sp³-hybridized carbons (Fsp3) is 0.259. The summed E-state index contributed by atoms with van der Waals surface area (Å²) < 4.78 is 6.36. The zero-order valence-electron chi connectivity index (χ0n) is 18.8. The van der Waals surface area contributed by atoms with E-state index >= 15 is 0 Å². The third kappa shape index (κ3) is 5.96. The summed E-state index contributed by atoms with van der Waals surface area (Å²) in [5.74, 6) is 2.90. The Balaban J connectivity index is 1.37. The number of piperazine rings is 1. The topological polar surface area (TPSA) is 49.9 Å². The standard InChI is InChI=1S/C27H28N2O3S/c1-21(30)28-15-17-29(18-16-28)27(31)20-33-19-23-11-5-7-13-25(23)32-26-14-8-6-12-24(26)22-9-3-2-4-10-22/h2-14H,15-20H2,1H3. The van der Waals surface area contributed by atoms with Crippen molar-refractivity contribution in [3.05, 3.63) is 84.4 Å². The van der Waals surface area contributed by atoms with Gasteiger partial charge in [-0.3, -0.25) is 9.59 Å². The summed E-state index contributed by atoms with van der Waals surface area (Å²) in [4.78, 5) is 27.7. The molecule has 0 atom stereocenters. The van der Waals surface area contributed by atoms with Gasteiger partial charge < -0.3 is 14.5 Å². The maximum atomic E-state index is 12.6. The van der Waals surface area contributed by atoms with Crippen molar-refractivity contribution >= 4 is 23.6 Å². The number of carbonyl (C=O) groups is 2. The van der Waals surface area contributed by atoms with Gasteiger partial charge in [0.05, 0.1) is 5.75 Å². The normalized spacial score (nSPS) is 13.6. The van der Waals surface area contributed by atoms with Crippen molar-refractivity contribution in [2.45, 2.75) is 12.7 Å². The first-order valence-corrected chi connectivity index (χ1v) is 12.3. The van der Waals surface area contributed by atoms with Crippen LogP contribution in [0.25, 0.3) is 11.1 Å². The molecule has 0 N–H and O–H groups in total. The minimum atomic E-state index is 0.0712. The van der Waals surface area contributed by atoms with Gasteiger partial charge in [0.2, 0.25) is 11.8 Å². The second-order valence-electron chi connectivity index (χ2n) is 7.95. The Bertz CT molecular complexity index is 1100. The largest absolute Gasteiger partial charge is 0.456 e. The maximum absolute atomic E-state index is 12.6. The molecule has 0 aliphatic carbocycles. The SMILES string of the molecule is CC(=O)N1CCN(C(=O)CSCc2ccccc2Oc2ccccc2-c2ccccc2)CC1. The van der Waals surface area contributed by atoms with Gasteiger partial charge in [0.15, 0.2) is 0 Å². The third-order valence-corrected chi connectivity index (χ3v) is 6.69. The lowest BCUT2D eigenvalue weighted by molar-refractivity contribution is -0.136. The van der Waals surface area contributed by atoms with E-state index in [-0.39, 0.29) is 11.8 Å². The Hall–Kier alpha value is -3.25. The van der Waals surface area contributed by atoms with Crippen molar-refractivity contribution in [2.75, 3.05) is 31.9 Å². The smallest absolute Gasteiger partial charge is 0.232 e. The molecule has 3 aromatic carbocycles. The van der Waals surface area contributed by atoms with Gasteiger partial charge >= 0.3 is 0 Å². The number of nitrogens with zero attached hydrogens (tertiary/aromatic N) is 2. The van der Waals surface area contributed by atoms with Crippen LogP contribution in [0, 0.1) is 0 Å². The van der Waals surface area contributed by atoms with E-state index in [0.29, 0.717) is 37.7 Å². The number of amides is 2. The van der Waals surface area contributed by atoms with Crippen LogP contribution in [0.2, 0.25) is 0 Å². The summed E-state index contributed by atoms with van der Waals surface area (Å²) >= 11 is 1.59. The van der Waals surface area contributed by atoms with Gasteiger partial charge in [-0.05, 0) is 17.7 Å². The van der Waals surface area contributed by atoms with Gasteiger partial charge in [0.25, 0.3) is 0 Å². The number of carbonyl (C=O) groups excluding carboxylic acids is 2. The van der Waals surface area contributed by atoms with Crippen LogP contribution in [0.15, 0.2) is 78.9 Å². The molecule has 6 heteroatoms. The Labute approximate surface area is 199 Å². The molecule has 0 unspecified atom stereocenters. The fourth-order valence-corrected chi connectivity index (χ4v) is 4.78. The Kier molecular flexibility index (Phi) is 7.68. The first kappa shape index (κ1) is 22.9. The summed E-state index contributed by atoms with van der Waals surface area (Å²) in [6, 6.07) is 26.2. The molecule has 2 amide bonds. The number of benzene rings is 3. The van der Waals surface area contributed by atoms with E-state index in [9.17, 15) is 9.59 Å². The fourth-order valence-electron chi connectivity index (χ4n) is 3.86. The lowest BCUT2D eigenvalue weighted by atomic mass is 10.0. The van der Waals surface area contributed by atoms with Crippen LogP contribution in [0.4, 0.5) is 0 Å². The highest BCUT2D eigenvalue weighted by Gasteiger charge is 2.22. The monoisotopic (exact) mass is 460 g/mol. The van der Waals surface area contributed by atoms with Gasteiger partial charge in [0.1, 0.15) is 11.5 Å². The lowest BCUT2D eigenvalue weighted by Crippen LogP contribution is -2.50. The highest BCUT2D eigenvalue weighted by atomic mass is 32.2. The van der Waals surface area contributed by atoms with E-state index in [4.69, 9.17) is 4.74 Å². The quantitative estimate of drug-likeness (QED) is 0.494. The summed E-state index contributed by atoms with van der Waals surface area (Å²) in [6.07, 6.45) is 0. The molecule has 1 saturated heterocycles. The van der Waals surface area contributed by atoms with Gasteiger partial charge in [-0.25, -0.2) is 0 Å². The van der Waals surface area contributed by atoms with E-state index in [2.05, 4.69) is 18.2 Å². The molecule has 5 nitrogen and oxygen atoms in total. The molecule has 0 aromatic heterocycles. The van der Waals surface area contributed by atoms with Crippen molar-refractivity contribution in [3.63, 3.8) is 0 Å². The van der Waals surface area contributed by atoms with E-state index in [1.807, 2.05) is 65.6 Å². The molecule has 4 rings (SSSR count). The number of para-hydroxylation sites is 2. The first-order valence-electron chi connectivity index (χ1n) is 11.1. The van der Waals surface area contributed by atoms with Crippen molar-refractivity contribution < 1.29 is 14.3 Å². The molecular formula is C27H28N2O3S. The highest BCUT2D eigenvalue weighted by molar-refractivity contribution is 7.99. The molecule has 33 heavy (non-hydrogen) atoms. The molecular weight excluding hydrogens is 432 g/mol. The average molecular weight is 461 g/mol. The second-order valence-corrected chi connectivity index (χ2v) is 8.94. The molecule has 1 fully saturated rings. The van der Waals surface area contributed by atoms with Crippen LogP contribution >= 0.6 is 11.8 Å². The number of thioether (sulfide) groups is 1. The van der Waals surface area contributed by atoms with E-state index < -0.39 is 0 Å². The van der Waals surface area contributed by atoms with Crippen molar-refractivity contribution in [2.24, 2.45) is 0 Å². The van der Waals surface area contributed by atoms with E-state index in [1.165, 1.54) is 0 Å². The van der Waals surface area contributed by atoms with Crippen LogP contribution in [0.5, 0.6) is 11.5 Å². The molecule has 0 saturated carbocycles. The predicted molar refractivity (Wildman–Crippen MR) is 133 cm³/mol. The lowest BCUT2D eigenvalue weighted by Gasteiger charge is -2.34. The van der Waals surface area contributed by atoms with Gasteiger partial charge in [0, 0.05) is 50.0 Å². The molecule has 1 aliphatic heterocycles. The molecule has 170 valence electrons. The van der Waals surface area contributed by atoms with E-state index in [1.54, 1.807) is 23.6 Å². The van der Waals surface area contributed by atoms with Crippen LogP contribution < -0.4 is 4.74 Å². The Morgan fingerprint density at radius 2 is 1.39 bits per heavy atom. The van der Waals surface area contributed by atoms with Crippen molar-refractivity contribution in [1.82, 2.24) is 9.80 Å². The van der Waals surface area contributed by atoms with Crippen LogP contribution in [0.3, 0.4) is 0 Å². The van der Waals surface area contributed by atoms with Crippen molar-refractivity contribution in [1.29, 1.82) is 0 Å². The minimum absolute atomic E-state index is 0.0712.